The molecule has 1 atom stereocenters. The molecule has 100 valence electrons. The largest absolute Gasteiger partial charge is 0.496 e. The minimum atomic E-state index is -0.400. The third kappa shape index (κ3) is 3.30. The van der Waals surface area contributed by atoms with Gasteiger partial charge in [0.25, 0.3) is 0 Å². The average Bonchev–Trinajstić information content (AvgIpc) is 2.39. The molecule has 0 fully saturated rings. The van der Waals surface area contributed by atoms with Crippen LogP contribution in [0, 0.1) is 5.82 Å². The fourth-order valence-electron chi connectivity index (χ4n) is 1.89. The Hall–Kier alpha value is -1.46. The number of pyridine rings is 1. The van der Waals surface area contributed by atoms with Crippen LogP contribution in [0.2, 0.25) is 0 Å². The van der Waals surface area contributed by atoms with E-state index in [0.29, 0.717) is 12.0 Å². The van der Waals surface area contributed by atoms with E-state index in [9.17, 15) is 4.39 Å². The van der Waals surface area contributed by atoms with E-state index in [1.807, 2.05) is 18.2 Å². The number of rotatable bonds is 4. The summed E-state index contributed by atoms with van der Waals surface area (Å²) in [5.41, 5.74) is 7.52. The third-order valence-electron chi connectivity index (χ3n) is 2.88. The minimum absolute atomic E-state index is 0.373. The predicted molar refractivity (Wildman–Crippen MR) is 75.5 cm³/mol. The molecule has 2 aromatic rings. The molecule has 5 heteroatoms. The van der Waals surface area contributed by atoms with Gasteiger partial charge in [0.1, 0.15) is 11.6 Å². The summed E-state index contributed by atoms with van der Waals surface area (Å²) in [5.74, 6) is 0.384. The summed E-state index contributed by atoms with van der Waals surface area (Å²) in [5, 5.41) is 0. The van der Waals surface area contributed by atoms with Gasteiger partial charge in [-0.15, -0.1) is 0 Å². The van der Waals surface area contributed by atoms with Gasteiger partial charge in [-0.2, -0.15) is 0 Å². The molecule has 0 spiro atoms. The maximum atomic E-state index is 13.6. The molecular formula is C14H14BrFN2O. The van der Waals surface area contributed by atoms with Gasteiger partial charge >= 0.3 is 0 Å². The molecule has 0 radical (unpaired) electrons. The number of nitrogens with zero attached hydrogens (tertiary/aromatic N) is 1. The van der Waals surface area contributed by atoms with E-state index < -0.39 is 6.04 Å². The molecule has 0 saturated carbocycles. The summed E-state index contributed by atoms with van der Waals surface area (Å²) < 4.78 is 19.6. The van der Waals surface area contributed by atoms with Crippen LogP contribution < -0.4 is 10.5 Å². The van der Waals surface area contributed by atoms with Crippen LogP contribution in [0.25, 0.3) is 0 Å². The summed E-state index contributed by atoms with van der Waals surface area (Å²) >= 11 is 3.42. The second-order valence-corrected chi connectivity index (χ2v) is 5.03. The second-order valence-electron chi connectivity index (χ2n) is 4.18. The molecule has 2 rings (SSSR count). The first-order valence-electron chi connectivity index (χ1n) is 5.79. The number of aromatic nitrogens is 1. The van der Waals surface area contributed by atoms with Crippen molar-refractivity contribution in [3.05, 3.63) is 58.1 Å². The first-order valence-corrected chi connectivity index (χ1v) is 6.58. The summed E-state index contributed by atoms with van der Waals surface area (Å²) in [6, 6.07) is 6.91. The van der Waals surface area contributed by atoms with Gasteiger partial charge < -0.3 is 10.5 Å². The standard InChI is InChI=1S/C14H14BrFN2O/c1-19-14-3-2-9(6-11(14)15)7-13(17)10-4-5-18-8-12(10)16/h2-6,8,13H,7,17H2,1H3. The Morgan fingerprint density at radius 2 is 2.21 bits per heavy atom. The van der Waals surface area contributed by atoms with Crippen molar-refractivity contribution in [2.24, 2.45) is 5.73 Å². The Labute approximate surface area is 119 Å². The van der Waals surface area contributed by atoms with Gasteiger partial charge in [-0.1, -0.05) is 6.07 Å². The van der Waals surface area contributed by atoms with Crippen molar-refractivity contribution in [2.75, 3.05) is 7.11 Å². The number of methoxy groups -OCH3 is 1. The van der Waals surface area contributed by atoms with Crippen LogP contribution in [0.1, 0.15) is 17.2 Å². The Balaban J connectivity index is 2.17. The maximum absolute atomic E-state index is 13.6. The number of hydrogen-bond donors (Lipinski definition) is 1. The first-order chi connectivity index (χ1) is 9.11. The Morgan fingerprint density at radius 1 is 1.42 bits per heavy atom. The van der Waals surface area contributed by atoms with Crippen LogP contribution in [0.15, 0.2) is 41.1 Å². The van der Waals surface area contributed by atoms with E-state index in [2.05, 4.69) is 20.9 Å². The first kappa shape index (κ1) is 14.0. The number of benzene rings is 1. The lowest BCUT2D eigenvalue weighted by Crippen LogP contribution is -2.15. The molecule has 3 nitrogen and oxygen atoms in total. The van der Waals surface area contributed by atoms with Crippen molar-refractivity contribution in [1.82, 2.24) is 4.98 Å². The highest BCUT2D eigenvalue weighted by molar-refractivity contribution is 9.10. The molecule has 0 aliphatic heterocycles. The van der Waals surface area contributed by atoms with Crippen molar-refractivity contribution >= 4 is 15.9 Å². The van der Waals surface area contributed by atoms with E-state index in [-0.39, 0.29) is 5.82 Å². The van der Waals surface area contributed by atoms with Gasteiger partial charge in [-0.05, 0) is 46.1 Å². The minimum Gasteiger partial charge on any atom is -0.496 e. The number of ether oxygens (including phenoxy) is 1. The van der Waals surface area contributed by atoms with Gasteiger partial charge in [-0.3, -0.25) is 4.98 Å². The molecule has 0 saturated heterocycles. The smallest absolute Gasteiger partial charge is 0.146 e. The SMILES string of the molecule is COc1ccc(CC(N)c2ccncc2F)cc1Br. The zero-order valence-corrected chi connectivity index (χ0v) is 12.0. The van der Waals surface area contributed by atoms with Gasteiger partial charge in [0.15, 0.2) is 0 Å². The van der Waals surface area contributed by atoms with Gasteiger partial charge in [0.05, 0.1) is 17.8 Å². The lowest BCUT2D eigenvalue weighted by atomic mass is 10.0. The van der Waals surface area contributed by atoms with Crippen molar-refractivity contribution in [3.8, 4) is 5.75 Å². The number of nitrogens with two attached hydrogens (primary N) is 1. The molecule has 0 bridgehead atoms. The Morgan fingerprint density at radius 3 is 2.84 bits per heavy atom. The molecule has 1 aromatic heterocycles. The molecule has 1 unspecified atom stereocenters. The van der Waals surface area contributed by atoms with Crippen molar-refractivity contribution in [2.45, 2.75) is 12.5 Å². The van der Waals surface area contributed by atoms with E-state index in [1.54, 1.807) is 19.4 Å². The number of hydrogen-bond acceptors (Lipinski definition) is 3. The summed E-state index contributed by atoms with van der Waals surface area (Å²) in [6.45, 7) is 0. The van der Waals surface area contributed by atoms with Crippen LogP contribution in [0.5, 0.6) is 5.75 Å². The predicted octanol–water partition coefficient (Wildman–Crippen LogP) is 3.23. The van der Waals surface area contributed by atoms with Crippen molar-refractivity contribution in [1.29, 1.82) is 0 Å². The van der Waals surface area contributed by atoms with E-state index in [1.165, 1.54) is 6.20 Å². The van der Waals surface area contributed by atoms with Crippen LogP contribution in [0.3, 0.4) is 0 Å². The Bertz CT molecular complexity index is 577. The second kappa shape index (κ2) is 6.12. The van der Waals surface area contributed by atoms with Crippen LogP contribution in [0.4, 0.5) is 4.39 Å². The summed E-state index contributed by atoms with van der Waals surface area (Å²) in [4.78, 5) is 3.72. The lowest BCUT2D eigenvalue weighted by molar-refractivity contribution is 0.412. The molecule has 1 heterocycles. The highest BCUT2D eigenvalue weighted by atomic mass is 79.9. The summed E-state index contributed by atoms with van der Waals surface area (Å²) in [7, 11) is 1.61. The van der Waals surface area contributed by atoms with E-state index in [4.69, 9.17) is 10.5 Å². The molecule has 0 amide bonds. The van der Waals surface area contributed by atoms with E-state index in [0.717, 1.165) is 15.8 Å². The van der Waals surface area contributed by atoms with Crippen LogP contribution in [-0.2, 0) is 6.42 Å². The molecule has 0 aliphatic rings. The van der Waals surface area contributed by atoms with E-state index >= 15 is 0 Å². The third-order valence-corrected chi connectivity index (χ3v) is 3.49. The molecular weight excluding hydrogens is 311 g/mol. The average molecular weight is 325 g/mol. The molecule has 19 heavy (non-hydrogen) atoms. The quantitative estimate of drug-likeness (QED) is 0.939. The fraction of sp³-hybridized carbons (Fsp3) is 0.214. The van der Waals surface area contributed by atoms with Gasteiger partial charge in [0, 0.05) is 17.8 Å². The van der Waals surface area contributed by atoms with Gasteiger partial charge in [-0.25, -0.2) is 4.39 Å². The van der Waals surface area contributed by atoms with Crippen molar-refractivity contribution in [3.63, 3.8) is 0 Å². The maximum Gasteiger partial charge on any atom is 0.146 e. The normalized spacial score (nSPS) is 12.2. The molecule has 0 aliphatic carbocycles. The zero-order valence-electron chi connectivity index (χ0n) is 10.4. The highest BCUT2D eigenvalue weighted by Crippen LogP contribution is 2.27. The fourth-order valence-corrected chi connectivity index (χ4v) is 2.48. The number of halogens is 2. The molecule has 1 aromatic carbocycles. The Kier molecular flexibility index (Phi) is 4.50. The topological polar surface area (TPSA) is 48.1 Å². The van der Waals surface area contributed by atoms with Gasteiger partial charge in [0.2, 0.25) is 0 Å². The summed E-state index contributed by atoms with van der Waals surface area (Å²) in [6.07, 6.45) is 3.27. The van der Waals surface area contributed by atoms with Crippen LogP contribution >= 0.6 is 15.9 Å². The monoisotopic (exact) mass is 324 g/mol. The van der Waals surface area contributed by atoms with Crippen LogP contribution in [-0.4, -0.2) is 12.1 Å². The highest BCUT2D eigenvalue weighted by Gasteiger charge is 2.12. The van der Waals surface area contributed by atoms with Crippen molar-refractivity contribution < 1.29 is 9.13 Å². The molecule has 2 N–H and O–H groups in total. The lowest BCUT2D eigenvalue weighted by Gasteiger charge is -2.13. The zero-order chi connectivity index (χ0) is 13.8.